The topological polar surface area (TPSA) is 56.5 Å². The van der Waals surface area contributed by atoms with Crippen molar-refractivity contribution < 1.29 is 0 Å². The predicted octanol–water partition coefficient (Wildman–Crippen LogP) is 4.69. The molecule has 2 heterocycles. The number of thiazole rings is 1. The van der Waals surface area contributed by atoms with Crippen molar-refractivity contribution in [1.29, 1.82) is 0 Å². The van der Waals surface area contributed by atoms with E-state index in [4.69, 9.17) is 4.98 Å². The second kappa shape index (κ2) is 7.39. The highest BCUT2D eigenvalue weighted by Gasteiger charge is 2.11. The number of rotatable bonds is 5. The van der Waals surface area contributed by atoms with Crippen LogP contribution in [0, 0.1) is 13.8 Å². The quantitative estimate of drug-likeness (QED) is 0.471. The molecule has 2 aromatic carbocycles. The van der Waals surface area contributed by atoms with Gasteiger partial charge < -0.3 is 0 Å². The predicted molar refractivity (Wildman–Crippen MR) is 106 cm³/mol. The molecule has 4 aromatic rings. The van der Waals surface area contributed by atoms with E-state index in [1.165, 1.54) is 11.1 Å². The van der Waals surface area contributed by atoms with Gasteiger partial charge in [-0.2, -0.15) is 4.68 Å². The number of tetrazole rings is 1. The molecule has 0 saturated heterocycles. The van der Waals surface area contributed by atoms with Crippen LogP contribution in [0.2, 0.25) is 0 Å². The fourth-order valence-electron chi connectivity index (χ4n) is 2.46. The Labute approximate surface area is 160 Å². The third-order valence-corrected chi connectivity index (χ3v) is 5.81. The molecule has 26 heavy (non-hydrogen) atoms. The van der Waals surface area contributed by atoms with Crippen LogP contribution in [0.1, 0.15) is 16.8 Å². The van der Waals surface area contributed by atoms with Crippen LogP contribution in [0.4, 0.5) is 0 Å². The van der Waals surface area contributed by atoms with E-state index in [0.717, 1.165) is 32.9 Å². The SMILES string of the molecule is Cc1ccc(-c2nc(CSc3nnnn3-c3ccc(C)cc3)cs2)cc1. The monoisotopic (exact) mass is 379 g/mol. The lowest BCUT2D eigenvalue weighted by Gasteiger charge is -2.03. The molecule has 0 saturated carbocycles. The van der Waals surface area contributed by atoms with Crippen LogP contribution >= 0.6 is 23.1 Å². The fraction of sp³-hybridized carbons (Fsp3) is 0.158. The highest BCUT2D eigenvalue weighted by Crippen LogP contribution is 2.28. The van der Waals surface area contributed by atoms with E-state index in [0.29, 0.717) is 0 Å². The summed E-state index contributed by atoms with van der Waals surface area (Å²) in [7, 11) is 0. The largest absolute Gasteiger partial charge is 0.240 e. The molecule has 0 bridgehead atoms. The Balaban J connectivity index is 1.48. The van der Waals surface area contributed by atoms with Crippen molar-refractivity contribution in [2.75, 3.05) is 0 Å². The van der Waals surface area contributed by atoms with Gasteiger partial charge in [-0.25, -0.2) is 4.98 Å². The van der Waals surface area contributed by atoms with Gasteiger partial charge in [0.05, 0.1) is 11.4 Å². The van der Waals surface area contributed by atoms with Crippen LogP contribution in [0.15, 0.2) is 59.1 Å². The van der Waals surface area contributed by atoms with Gasteiger partial charge in [0.1, 0.15) is 5.01 Å². The molecule has 7 heteroatoms. The highest BCUT2D eigenvalue weighted by molar-refractivity contribution is 7.98. The zero-order valence-corrected chi connectivity index (χ0v) is 16.1. The van der Waals surface area contributed by atoms with Crippen LogP contribution in [0.25, 0.3) is 16.3 Å². The van der Waals surface area contributed by atoms with Crippen LogP contribution in [0.3, 0.4) is 0 Å². The van der Waals surface area contributed by atoms with Crippen molar-refractivity contribution in [1.82, 2.24) is 25.2 Å². The molecule has 0 unspecified atom stereocenters. The average molecular weight is 380 g/mol. The molecule has 0 atom stereocenters. The number of hydrogen-bond acceptors (Lipinski definition) is 6. The summed E-state index contributed by atoms with van der Waals surface area (Å²) in [5.41, 5.74) is 5.61. The normalized spacial score (nSPS) is 11.0. The highest BCUT2D eigenvalue weighted by atomic mass is 32.2. The van der Waals surface area contributed by atoms with Crippen LogP contribution in [0.5, 0.6) is 0 Å². The summed E-state index contributed by atoms with van der Waals surface area (Å²) in [6, 6.07) is 16.6. The summed E-state index contributed by atoms with van der Waals surface area (Å²) in [6.45, 7) is 4.15. The molecular formula is C19H17N5S2. The first-order valence-corrected chi connectivity index (χ1v) is 10.1. The van der Waals surface area contributed by atoms with E-state index in [2.05, 4.69) is 71.2 Å². The summed E-state index contributed by atoms with van der Waals surface area (Å²) >= 11 is 3.25. The Kier molecular flexibility index (Phi) is 4.81. The van der Waals surface area contributed by atoms with Gasteiger partial charge in [-0.15, -0.1) is 16.4 Å². The molecule has 0 spiro atoms. The number of hydrogen-bond donors (Lipinski definition) is 0. The van der Waals surface area contributed by atoms with Crippen molar-refractivity contribution in [2.24, 2.45) is 0 Å². The zero-order chi connectivity index (χ0) is 17.9. The molecule has 0 aliphatic rings. The van der Waals surface area contributed by atoms with Crippen LogP contribution in [-0.2, 0) is 5.75 Å². The molecule has 0 aliphatic heterocycles. The summed E-state index contributed by atoms with van der Waals surface area (Å²) in [5.74, 6) is 0.731. The summed E-state index contributed by atoms with van der Waals surface area (Å²) < 4.78 is 1.76. The van der Waals surface area contributed by atoms with Crippen molar-refractivity contribution in [3.63, 3.8) is 0 Å². The van der Waals surface area contributed by atoms with Crippen molar-refractivity contribution in [3.05, 3.63) is 70.7 Å². The summed E-state index contributed by atoms with van der Waals surface area (Å²) in [4.78, 5) is 4.74. The molecule has 0 amide bonds. The molecule has 2 aromatic heterocycles. The Hall–Kier alpha value is -2.51. The van der Waals surface area contributed by atoms with Gasteiger partial charge in [0.2, 0.25) is 5.16 Å². The maximum atomic E-state index is 4.74. The first kappa shape index (κ1) is 16.9. The minimum Gasteiger partial charge on any atom is -0.240 e. The molecular weight excluding hydrogens is 362 g/mol. The summed E-state index contributed by atoms with van der Waals surface area (Å²) in [5, 5.41) is 16.0. The molecule has 4 rings (SSSR count). The Bertz CT molecular complexity index is 1000. The fourth-order valence-corrected chi connectivity index (χ4v) is 4.17. The smallest absolute Gasteiger partial charge is 0.214 e. The van der Waals surface area contributed by atoms with Crippen LogP contribution < -0.4 is 0 Å². The minimum absolute atomic E-state index is 0.731. The van der Waals surface area contributed by atoms with Gasteiger partial charge in [-0.3, -0.25) is 0 Å². The Morgan fingerprint density at radius 3 is 2.38 bits per heavy atom. The molecule has 0 N–H and O–H groups in total. The second-order valence-corrected chi connectivity index (χ2v) is 7.81. The standard InChI is InChI=1S/C19H17N5S2/c1-13-3-7-15(8-4-13)18-20-16(11-25-18)12-26-19-21-22-23-24(19)17-9-5-14(2)6-10-17/h3-11H,12H2,1-2H3. The third-order valence-electron chi connectivity index (χ3n) is 3.92. The second-order valence-electron chi connectivity index (χ2n) is 6.01. The maximum Gasteiger partial charge on any atom is 0.214 e. The molecule has 0 fully saturated rings. The van der Waals surface area contributed by atoms with E-state index in [1.807, 2.05) is 12.1 Å². The first-order valence-electron chi connectivity index (χ1n) is 8.19. The van der Waals surface area contributed by atoms with Gasteiger partial charge in [0.15, 0.2) is 0 Å². The number of aryl methyl sites for hydroxylation is 2. The lowest BCUT2D eigenvalue weighted by molar-refractivity contribution is 0.756. The Morgan fingerprint density at radius 2 is 1.65 bits per heavy atom. The number of benzene rings is 2. The van der Waals surface area contributed by atoms with Crippen molar-refractivity contribution >= 4 is 23.1 Å². The van der Waals surface area contributed by atoms with Gasteiger partial charge in [-0.1, -0.05) is 59.3 Å². The molecule has 0 radical (unpaired) electrons. The number of thioether (sulfide) groups is 1. The first-order chi connectivity index (χ1) is 12.7. The Morgan fingerprint density at radius 1 is 0.962 bits per heavy atom. The molecule has 130 valence electrons. The van der Waals surface area contributed by atoms with Crippen LogP contribution in [-0.4, -0.2) is 25.2 Å². The van der Waals surface area contributed by atoms with E-state index < -0.39 is 0 Å². The van der Waals surface area contributed by atoms with E-state index in [-0.39, 0.29) is 0 Å². The minimum atomic E-state index is 0.731. The van der Waals surface area contributed by atoms with E-state index >= 15 is 0 Å². The molecule has 5 nitrogen and oxygen atoms in total. The van der Waals surface area contributed by atoms with Gasteiger partial charge >= 0.3 is 0 Å². The van der Waals surface area contributed by atoms with Crippen molar-refractivity contribution in [3.8, 4) is 16.3 Å². The van der Waals surface area contributed by atoms with Gasteiger partial charge in [0, 0.05) is 16.7 Å². The lowest BCUT2D eigenvalue weighted by Crippen LogP contribution is -1.99. The number of aromatic nitrogens is 5. The van der Waals surface area contributed by atoms with Gasteiger partial charge in [-0.05, 0) is 36.4 Å². The van der Waals surface area contributed by atoms with Crippen molar-refractivity contribution in [2.45, 2.75) is 24.8 Å². The summed E-state index contributed by atoms with van der Waals surface area (Å²) in [6.07, 6.45) is 0. The van der Waals surface area contributed by atoms with E-state index in [1.54, 1.807) is 27.8 Å². The average Bonchev–Trinajstić information content (AvgIpc) is 3.30. The lowest BCUT2D eigenvalue weighted by atomic mass is 10.2. The third kappa shape index (κ3) is 3.68. The zero-order valence-electron chi connectivity index (χ0n) is 14.5. The maximum absolute atomic E-state index is 4.74. The number of nitrogens with zero attached hydrogens (tertiary/aromatic N) is 5. The molecule has 0 aliphatic carbocycles. The van der Waals surface area contributed by atoms with Gasteiger partial charge in [0.25, 0.3) is 0 Å². The van der Waals surface area contributed by atoms with E-state index in [9.17, 15) is 0 Å².